The number of allylic oxidation sites excluding steroid dienone is 1. The Morgan fingerprint density at radius 3 is 3.13 bits per heavy atom. The van der Waals surface area contributed by atoms with Crippen molar-refractivity contribution in [3.8, 4) is 0 Å². The van der Waals surface area contributed by atoms with Crippen LogP contribution in [0.2, 0.25) is 0 Å². The van der Waals surface area contributed by atoms with Crippen LogP contribution in [0.5, 0.6) is 0 Å². The molecule has 0 amide bonds. The quantitative estimate of drug-likeness (QED) is 0.534. The van der Waals surface area contributed by atoms with Crippen LogP contribution in [-0.2, 0) is 12.8 Å². The average molecular weight is 201 g/mol. The standard InChI is InChI=1S/C14H19N/c1-3-4-5-7-12-8-6-9-13-10-11-15(2)14(12)13/h3,6,8-9H,1,4-5,7,10-11H2,2H3. The summed E-state index contributed by atoms with van der Waals surface area (Å²) < 4.78 is 0. The van der Waals surface area contributed by atoms with Gasteiger partial charge in [-0.1, -0.05) is 24.3 Å². The summed E-state index contributed by atoms with van der Waals surface area (Å²) >= 11 is 0. The maximum absolute atomic E-state index is 3.77. The molecule has 1 heteroatoms. The third kappa shape index (κ3) is 2.06. The molecule has 1 heterocycles. The number of nitrogens with zero attached hydrogens (tertiary/aromatic N) is 1. The number of benzene rings is 1. The molecular weight excluding hydrogens is 182 g/mol. The fraction of sp³-hybridized carbons (Fsp3) is 0.429. The number of anilines is 1. The van der Waals surface area contributed by atoms with Gasteiger partial charge in [0.25, 0.3) is 0 Å². The van der Waals surface area contributed by atoms with Crippen LogP contribution in [0.4, 0.5) is 5.69 Å². The van der Waals surface area contributed by atoms with E-state index in [9.17, 15) is 0 Å². The molecule has 1 aromatic carbocycles. The first kappa shape index (κ1) is 10.3. The van der Waals surface area contributed by atoms with Crippen LogP contribution in [0.15, 0.2) is 30.9 Å². The van der Waals surface area contributed by atoms with Crippen molar-refractivity contribution in [1.29, 1.82) is 0 Å². The second-order valence-electron chi connectivity index (χ2n) is 4.28. The predicted octanol–water partition coefficient (Wildman–Crippen LogP) is 3.19. The van der Waals surface area contributed by atoms with Crippen LogP contribution in [0, 0.1) is 0 Å². The van der Waals surface area contributed by atoms with E-state index in [1.807, 2.05) is 6.08 Å². The van der Waals surface area contributed by atoms with Gasteiger partial charge in [0.05, 0.1) is 0 Å². The van der Waals surface area contributed by atoms with E-state index < -0.39 is 0 Å². The summed E-state index contributed by atoms with van der Waals surface area (Å²) in [5.74, 6) is 0. The largest absolute Gasteiger partial charge is 0.374 e. The molecule has 0 bridgehead atoms. The van der Waals surface area contributed by atoms with Gasteiger partial charge in [-0.05, 0) is 36.8 Å². The van der Waals surface area contributed by atoms with Gasteiger partial charge in [-0.15, -0.1) is 6.58 Å². The highest BCUT2D eigenvalue weighted by molar-refractivity contribution is 5.62. The van der Waals surface area contributed by atoms with Crippen LogP contribution in [0.3, 0.4) is 0 Å². The SMILES string of the molecule is C=CCCCc1cccc2c1N(C)CC2. The maximum atomic E-state index is 3.77. The third-order valence-electron chi connectivity index (χ3n) is 3.16. The molecule has 0 aromatic heterocycles. The summed E-state index contributed by atoms with van der Waals surface area (Å²) in [6.07, 6.45) is 6.73. The molecule has 2 rings (SSSR count). The molecule has 0 fully saturated rings. The van der Waals surface area contributed by atoms with Crippen molar-refractivity contribution in [2.24, 2.45) is 0 Å². The normalized spacial score (nSPS) is 14.1. The van der Waals surface area contributed by atoms with Crippen LogP contribution in [-0.4, -0.2) is 13.6 Å². The van der Waals surface area contributed by atoms with E-state index in [-0.39, 0.29) is 0 Å². The zero-order valence-corrected chi connectivity index (χ0v) is 9.50. The van der Waals surface area contributed by atoms with Gasteiger partial charge < -0.3 is 4.90 Å². The number of hydrogen-bond donors (Lipinski definition) is 0. The highest BCUT2D eigenvalue weighted by atomic mass is 15.1. The number of unbranched alkanes of at least 4 members (excludes halogenated alkanes) is 1. The van der Waals surface area contributed by atoms with E-state index in [1.54, 1.807) is 0 Å². The number of aryl methyl sites for hydroxylation is 1. The lowest BCUT2D eigenvalue weighted by molar-refractivity contribution is 0.839. The zero-order chi connectivity index (χ0) is 10.7. The molecule has 1 aliphatic rings. The van der Waals surface area contributed by atoms with Crippen molar-refractivity contribution in [2.45, 2.75) is 25.7 Å². The molecule has 0 saturated carbocycles. The average Bonchev–Trinajstić information content (AvgIpc) is 2.62. The van der Waals surface area contributed by atoms with Crippen LogP contribution in [0.25, 0.3) is 0 Å². The predicted molar refractivity (Wildman–Crippen MR) is 66.6 cm³/mol. The maximum Gasteiger partial charge on any atom is 0.0429 e. The second-order valence-corrected chi connectivity index (χ2v) is 4.28. The van der Waals surface area contributed by atoms with E-state index in [0.29, 0.717) is 0 Å². The Morgan fingerprint density at radius 2 is 2.33 bits per heavy atom. The first-order valence-corrected chi connectivity index (χ1v) is 5.75. The molecule has 0 spiro atoms. The molecule has 80 valence electrons. The van der Waals surface area contributed by atoms with Gasteiger partial charge in [0.15, 0.2) is 0 Å². The lowest BCUT2D eigenvalue weighted by Crippen LogP contribution is -2.14. The molecular formula is C14H19N. The van der Waals surface area contributed by atoms with Crippen molar-refractivity contribution in [1.82, 2.24) is 0 Å². The Hall–Kier alpha value is -1.24. The van der Waals surface area contributed by atoms with Crippen LogP contribution >= 0.6 is 0 Å². The van der Waals surface area contributed by atoms with Crippen molar-refractivity contribution in [2.75, 3.05) is 18.5 Å². The van der Waals surface area contributed by atoms with Crippen molar-refractivity contribution in [3.05, 3.63) is 42.0 Å². The second kappa shape index (κ2) is 4.52. The summed E-state index contributed by atoms with van der Waals surface area (Å²) in [6.45, 7) is 4.94. The monoisotopic (exact) mass is 201 g/mol. The molecule has 0 atom stereocenters. The summed E-state index contributed by atoms with van der Waals surface area (Å²) in [7, 11) is 2.20. The van der Waals surface area contributed by atoms with Gasteiger partial charge in [-0.2, -0.15) is 0 Å². The smallest absolute Gasteiger partial charge is 0.0429 e. The minimum atomic E-state index is 1.12. The van der Waals surface area contributed by atoms with Crippen molar-refractivity contribution >= 4 is 5.69 Å². The lowest BCUT2D eigenvalue weighted by Gasteiger charge is -2.16. The van der Waals surface area contributed by atoms with Gasteiger partial charge >= 0.3 is 0 Å². The lowest BCUT2D eigenvalue weighted by atomic mass is 10.0. The number of rotatable bonds is 4. The van der Waals surface area contributed by atoms with E-state index in [1.165, 1.54) is 42.6 Å². The third-order valence-corrected chi connectivity index (χ3v) is 3.16. The molecule has 0 radical (unpaired) electrons. The van der Waals surface area contributed by atoms with Gasteiger partial charge in [0.1, 0.15) is 0 Å². The van der Waals surface area contributed by atoms with Gasteiger partial charge in [0.2, 0.25) is 0 Å². The minimum Gasteiger partial charge on any atom is -0.374 e. The summed E-state index contributed by atoms with van der Waals surface area (Å²) in [5.41, 5.74) is 4.52. The number of fused-ring (bicyclic) bond motifs is 1. The Bertz CT molecular complexity index is 354. The van der Waals surface area contributed by atoms with Gasteiger partial charge in [-0.25, -0.2) is 0 Å². The first-order valence-electron chi connectivity index (χ1n) is 5.75. The van der Waals surface area contributed by atoms with E-state index in [2.05, 4.69) is 36.7 Å². The highest BCUT2D eigenvalue weighted by Gasteiger charge is 2.18. The summed E-state index contributed by atoms with van der Waals surface area (Å²) in [6, 6.07) is 6.72. The minimum absolute atomic E-state index is 1.12. The molecule has 1 aromatic rings. The Labute approximate surface area is 92.4 Å². The summed E-state index contributed by atoms with van der Waals surface area (Å²) in [4.78, 5) is 2.39. The molecule has 1 nitrogen and oxygen atoms in total. The van der Waals surface area contributed by atoms with Gasteiger partial charge in [-0.3, -0.25) is 0 Å². The Balaban J connectivity index is 2.17. The number of para-hydroxylation sites is 1. The fourth-order valence-corrected chi connectivity index (χ4v) is 2.38. The first-order chi connectivity index (χ1) is 7.33. The van der Waals surface area contributed by atoms with Crippen LogP contribution < -0.4 is 4.90 Å². The Morgan fingerprint density at radius 1 is 1.47 bits per heavy atom. The van der Waals surface area contributed by atoms with E-state index in [4.69, 9.17) is 0 Å². The molecule has 1 aliphatic heterocycles. The van der Waals surface area contributed by atoms with Crippen molar-refractivity contribution in [3.63, 3.8) is 0 Å². The molecule has 15 heavy (non-hydrogen) atoms. The van der Waals surface area contributed by atoms with E-state index in [0.717, 1.165) is 6.42 Å². The number of hydrogen-bond acceptors (Lipinski definition) is 1. The highest BCUT2D eigenvalue weighted by Crippen LogP contribution is 2.31. The molecule has 0 N–H and O–H groups in total. The summed E-state index contributed by atoms with van der Waals surface area (Å²) in [5, 5.41) is 0. The molecule has 0 saturated heterocycles. The van der Waals surface area contributed by atoms with E-state index >= 15 is 0 Å². The molecule has 0 aliphatic carbocycles. The zero-order valence-electron chi connectivity index (χ0n) is 9.50. The van der Waals surface area contributed by atoms with Crippen LogP contribution in [0.1, 0.15) is 24.0 Å². The van der Waals surface area contributed by atoms with Crippen molar-refractivity contribution < 1.29 is 0 Å². The molecule has 0 unspecified atom stereocenters. The van der Waals surface area contributed by atoms with Gasteiger partial charge in [0, 0.05) is 19.3 Å². The fourth-order valence-electron chi connectivity index (χ4n) is 2.38. The number of likely N-dealkylation sites (N-methyl/N-ethyl adjacent to an activating group) is 1. The topological polar surface area (TPSA) is 3.24 Å². The Kier molecular flexibility index (Phi) is 3.10.